The lowest BCUT2D eigenvalue weighted by Gasteiger charge is -2.33. The molecule has 3 rings (SSSR count). The summed E-state index contributed by atoms with van der Waals surface area (Å²) in [6.07, 6.45) is 0. The second-order valence-electron chi connectivity index (χ2n) is 5.36. The summed E-state index contributed by atoms with van der Waals surface area (Å²) in [5.74, 6) is 0.182. The number of hydrogen-bond acceptors (Lipinski definition) is 2. The lowest BCUT2D eigenvalue weighted by molar-refractivity contribution is 0.295. The van der Waals surface area contributed by atoms with E-state index in [0.717, 1.165) is 29.1 Å². The molecule has 0 N–H and O–H groups in total. The Balaban J connectivity index is 2.14. The molecule has 0 amide bonds. The molecule has 1 atom stereocenters. The van der Waals surface area contributed by atoms with Crippen LogP contribution in [0.15, 0.2) is 41.3 Å². The first kappa shape index (κ1) is 14.9. The summed E-state index contributed by atoms with van der Waals surface area (Å²) in [4.78, 5) is 2.97. The quantitative estimate of drug-likeness (QED) is 0.758. The molecule has 0 saturated carbocycles. The number of rotatable bonds is 2. The molecule has 0 aliphatic carbocycles. The van der Waals surface area contributed by atoms with Crippen molar-refractivity contribution in [1.29, 1.82) is 0 Å². The van der Waals surface area contributed by atoms with Crippen LogP contribution in [0.2, 0.25) is 10.0 Å². The number of likely N-dealkylation sites (N-methyl/N-ethyl adjacent to an activating group) is 1. The van der Waals surface area contributed by atoms with Gasteiger partial charge in [-0.3, -0.25) is 0 Å². The van der Waals surface area contributed by atoms with Gasteiger partial charge in [0.2, 0.25) is 0 Å². The third-order valence-electron chi connectivity index (χ3n) is 3.85. The summed E-state index contributed by atoms with van der Waals surface area (Å²) in [6.45, 7) is 1.70. The summed E-state index contributed by atoms with van der Waals surface area (Å²) >= 11 is 13.1. The smallest absolute Gasteiger partial charge is 0.301 e. The van der Waals surface area contributed by atoms with E-state index in [2.05, 4.69) is 18.0 Å². The highest BCUT2D eigenvalue weighted by atomic mass is 35.5. The highest BCUT2D eigenvalue weighted by Gasteiger charge is 2.27. The maximum Gasteiger partial charge on any atom is 0.505 e. The molecule has 0 fully saturated rings. The molecule has 2 nitrogen and oxygen atoms in total. The lowest BCUT2D eigenvalue weighted by Crippen LogP contribution is -2.31. The van der Waals surface area contributed by atoms with Crippen molar-refractivity contribution in [2.45, 2.75) is 17.4 Å². The first-order chi connectivity index (χ1) is 10.1. The number of halogens is 2. The maximum absolute atomic E-state index is 11.0. The minimum Gasteiger partial charge on any atom is -0.301 e. The largest absolute Gasteiger partial charge is 0.505 e. The van der Waals surface area contributed by atoms with Crippen LogP contribution in [0.25, 0.3) is 0 Å². The summed E-state index contributed by atoms with van der Waals surface area (Å²) in [5.41, 5.74) is 3.42. The van der Waals surface area contributed by atoms with Crippen molar-refractivity contribution in [2.24, 2.45) is 0 Å². The molecule has 1 aliphatic heterocycles. The molecule has 1 aliphatic rings. The van der Waals surface area contributed by atoms with E-state index in [-0.39, 0.29) is 5.92 Å². The zero-order valence-electron chi connectivity index (χ0n) is 11.5. The Morgan fingerprint density at radius 2 is 2.05 bits per heavy atom. The van der Waals surface area contributed by atoms with E-state index in [1.165, 1.54) is 5.56 Å². The Labute approximate surface area is 138 Å². The van der Waals surface area contributed by atoms with Crippen LogP contribution in [0.1, 0.15) is 22.6 Å². The molecule has 0 radical (unpaired) electrons. The lowest BCUT2D eigenvalue weighted by atomic mass is 9.85. The topological polar surface area (TPSA) is 20.3 Å². The highest BCUT2D eigenvalue weighted by Crippen LogP contribution is 2.38. The second-order valence-corrected chi connectivity index (χ2v) is 6.84. The van der Waals surface area contributed by atoms with Crippen molar-refractivity contribution >= 4 is 34.9 Å². The summed E-state index contributed by atoms with van der Waals surface area (Å²) in [6, 6.07) is 11.6. The van der Waals surface area contributed by atoms with E-state index in [1.807, 2.05) is 24.3 Å². The fourth-order valence-electron chi connectivity index (χ4n) is 2.91. The van der Waals surface area contributed by atoms with Crippen molar-refractivity contribution in [3.05, 3.63) is 63.1 Å². The SMILES string of the molecule is CN1Cc2c(Cl)cc(Cl)cc2[C@H](c2cccc([S+]=O)c2)C1. The molecule has 0 aromatic heterocycles. The molecule has 108 valence electrons. The summed E-state index contributed by atoms with van der Waals surface area (Å²) in [7, 11) is 2.08. The highest BCUT2D eigenvalue weighted by molar-refractivity contribution is 7.65. The Hall–Kier alpha value is -1.00. The number of nitrogens with zero attached hydrogens (tertiary/aromatic N) is 1. The molecular formula is C16H14Cl2NOS+. The van der Waals surface area contributed by atoms with Crippen LogP contribution in [-0.2, 0) is 22.4 Å². The van der Waals surface area contributed by atoms with Crippen LogP contribution in [-0.4, -0.2) is 18.5 Å². The standard InChI is InChI=1S/C16H14Cl2NOS/c1-19-8-14(10-3-2-4-12(5-10)21-20)13-6-11(17)7-16(18)15(13)9-19/h2-7,14H,8-9H2,1H3/q+1/t14-/m0/s1. The summed E-state index contributed by atoms with van der Waals surface area (Å²) < 4.78 is 11.0. The van der Waals surface area contributed by atoms with Gasteiger partial charge in [0, 0.05) is 45.4 Å². The number of hydrogen-bond donors (Lipinski definition) is 0. The minimum atomic E-state index is 0.182. The van der Waals surface area contributed by atoms with Crippen molar-refractivity contribution in [1.82, 2.24) is 4.90 Å². The van der Waals surface area contributed by atoms with Gasteiger partial charge in [0.25, 0.3) is 4.90 Å². The second kappa shape index (κ2) is 6.01. The van der Waals surface area contributed by atoms with Crippen molar-refractivity contribution in [3.63, 3.8) is 0 Å². The first-order valence-corrected chi connectivity index (χ1v) is 8.14. The molecule has 0 saturated heterocycles. The first-order valence-electron chi connectivity index (χ1n) is 6.64. The number of benzene rings is 2. The van der Waals surface area contributed by atoms with Gasteiger partial charge >= 0.3 is 11.7 Å². The van der Waals surface area contributed by atoms with Gasteiger partial charge in [0.15, 0.2) is 0 Å². The van der Waals surface area contributed by atoms with Crippen LogP contribution in [0.5, 0.6) is 0 Å². The Morgan fingerprint density at radius 1 is 1.24 bits per heavy atom. The van der Waals surface area contributed by atoms with E-state index < -0.39 is 0 Å². The van der Waals surface area contributed by atoms with E-state index in [9.17, 15) is 4.21 Å². The fourth-order valence-corrected chi connectivity index (χ4v) is 3.80. The van der Waals surface area contributed by atoms with E-state index in [4.69, 9.17) is 23.2 Å². The van der Waals surface area contributed by atoms with Crippen molar-refractivity contribution in [3.8, 4) is 0 Å². The Kier molecular flexibility index (Phi) is 4.27. The van der Waals surface area contributed by atoms with Crippen LogP contribution in [0.4, 0.5) is 0 Å². The third kappa shape index (κ3) is 2.97. The average Bonchev–Trinajstić information content (AvgIpc) is 2.47. The van der Waals surface area contributed by atoms with Crippen molar-refractivity contribution in [2.75, 3.05) is 13.6 Å². The van der Waals surface area contributed by atoms with Gasteiger partial charge in [-0.15, -0.1) is 0 Å². The Morgan fingerprint density at radius 3 is 2.81 bits per heavy atom. The molecule has 0 spiro atoms. The predicted octanol–water partition coefficient (Wildman–Crippen LogP) is 4.36. The molecule has 2 aromatic rings. The predicted molar refractivity (Wildman–Crippen MR) is 87.4 cm³/mol. The molecule has 5 heteroatoms. The van der Waals surface area contributed by atoms with Gasteiger partial charge < -0.3 is 4.90 Å². The van der Waals surface area contributed by atoms with Crippen molar-refractivity contribution < 1.29 is 4.21 Å². The molecular weight excluding hydrogens is 325 g/mol. The molecule has 1 heterocycles. The van der Waals surface area contributed by atoms with E-state index >= 15 is 0 Å². The minimum absolute atomic E-state index is 0.182. The van der Waals surface area contributed by atoms with Gasteiger partial charge in [-0.05, 0) is 35.9 Å². The van der Waals surface area contributed by atoms with Gasteiger partial charge in [-0.1, -0.05) is 35.3 Å². The van der Waals surface area contributed by atoms with Crippen LogP contribution >= 0.6 is 23.2 Å². The van der Waals surface area contributed by atoms with E-state index in [1.54, 1.807) is 6.07 Å². The maximum atomic E-state index is 11.0. The average molecular weight is 339 g/mol. The zero-order chi connectivity index (χ0) is 15.0. The molecule has 21 heavy (non-hydrogen) atoms. The Bertz CT molecular complexity index is 705. The monoisotopic (exact) mass is 338 g/mol. The zero-order valence-corrected chi connectivity index (χ0v) is 13.8. The van der Waals surface area contributed by atoms with E-state index in [0.29, 0.717) is 21.7 Å². The number of fused-ring (bicyclic) bond motifs is 1. The van der Waals surface area contributed by atoms with Crippen LogP contribution in [0, 0.1) is 0 Å². The van der Waals surface area contributed by atoms with Crippen LogP contribution < -0.4 is 0 Å². The van der Waals surface area contributed by atoms with Crippen LogP contribution in [0.3, 0.4) is 0 Å². The third-order valence-corrected chi connectivity index (χ3v) is 4.85. The fraction of sp³-hybridized carbons (Fsp3) is 0.250. The van der Waals surface area contributed by atoms with Gasteiger partial charge in [-0.2, -0.15) is 0 Å². The summed E-state index contributed by atoms with van der Waals surface area (Å²) in [5, 5.41) is 1.37. The molecule has 0 unspecified atom stereocenters. The normalized spacial score (nSPS) is 18.3. The van der Waals surface area contributed by atoms with Gasteiger partial charge in [0.05, 0.1) is 0 Å². The van der Waals surface area contributed by atoms with Gasteiger partial charge in [0.1, 0.15) is 0 Å². The molecule has 0 bridgehead atoms. The molecule has 2 aromatic carbocycles. The van der Waals surface area contributed by atoms with Gasteiger partial charge in [-0.25, -0.2) is 0 Å².